The van der Waals surface area contributed by atoms with Gasteiger partial charge < -0.3 is 20.5 Å². The molecule has 1 atom stereocenters. The van der Waals surface area contributed by atoms with Crippen LogP contribution in [-0.2, 0) is 9.53 Å². The number of hydrogen-bond acceptors (Lipinski definition) is 3. The Balaban J connectivity index is 3.45. The Hall–Kier alpha value is -1.30. The molecule has 0 fully saturated rings. The third kappa shape index (κ3) is 12.9. The van der Waals surface area contributed by atoms with E-state index in [1.807, 2.05) is 0 Å². The zero-order chi connectivity index (χ0) is 14.7. The Bertz CT molecular complexity index is 269. The van der Waals surface area contributed by atoms with Crippen LogP contribution in [0.3, 0.4) is 0 Å². The molecule has 0 rings (SSSR count). The highest BCUT2D eigenvalue weighted by atomic mass is 16.5. The zero-order valence-electron chi connectivity index (χ0n) is 12.1. The van der Waals surface area contributed by atoms with Crippen LogP contribution >= 0.6 is 0 Å². The first-order chi connectivity index (χ1) is 8.91. The number of amides is 2. The Morgan fingerprint density at radius 3 is 2.42 bits per heavy atom. The SMILES string of the molecule is CC(C)CCOCCNC(=O)NC(C)CCC(=O)O. The lowest BCUT2D eigenvalue weighted by atomic mass is 10.1. The van der Waals surface area contributed by atoms with Crippen molar-refractivity contribution < 1.29 is 19.4 Å². The lowest BCUT2D eigenvalue weighted by molar-refractivity contribution is -0.137. The molecule has 0 aliphatic carbocycles. The topological polar surface area (TPSA) is 87.7 Å². The Morgan fingerprint density at radius 1 is 1.16 bits per heavy atom. The Labute approximate surface area is 114 Å². The summed E-state index contributed by atoms with van der Waals surface area (Å²) in [5.41, 5.74) is 0. The van der Waals surface area contributed by atoms with Gasteiger partial charge in [0.25, 0.3) is 0 Å². The fourth-order valence-corrected chi connectivity index (χ4v) is 1.34. The van der Waals surface area contributed by atoms with Gasteiger partial charge in [-0.1, -0.05) is 13.8 Å². The second kappa shape index (κ2) is 10.6. The summed E-state index contributed by atoms with van der Waals surface area (Å²) >= 11 is 0. The molecule has 6 nitrogen and oxygen atoms in total. The molecule has 0 aliphatic rings. The second-order valence-corrected chi connectivity index (χ2v) is 5.03. The molecular formula is C13H26N2O4. The van der Waals surface area contributed by atoms with Crippen LogP contribution < -0.4 is 10.6 Å². The average Bonchev–Trinajstić information content (AvgIpc) is 2.30. The molecule has 19 heavy (non-hydrogen) atoms. The van der Waals surface area contributed by atoms with Gasteiger partial charge in [-0.05, 0) is 25.7 Å². The van der Waals surface area contributed by atoms with E-state index in [0.29, 0.717) is 32.1 Å². The number of ether oxygens (including phenoxy) is 1. The van der Waals surface area contributed by atoms with Crippen molar-refractivity contribution in [2.45, 2.75) is 46.1 Å². The first-order valence-corrected chi connectivity index (χ1v) is 6.75. The number of hydrogen-bond donors (Lipinski definition) is 3. The molecule has 0 saturated heterocycles. The second-order valence-electron chi connectivity index (χ2n) is 5.03. The summed E-state index contributed by atoms with van der Waals surface area (Å²) in [6.07, 6.45) is 1.49. The van der Waals surface area contributed by atoms with Crippen molar-refractivity contribution in [3.63, 3.8) is 0 Å². The number of urea groups is 1. The number of carbonyl (C=O) groups is 2. The third-order valence-electron chi connectivity index (χ3n) is 2.54. The molecule has 0 aromatic heterocycles. The minimum absolute atomic E-state index is 0.0553. The van der Waals surface area contributed by atoms with Gasteiger partial charge in [-0.2, -0.15) is 0 Å². The maximum Gasteiger partial charge on any atom is 0.315 e. The molecule has 0 aromatic rings. The van der Waals surface area contributed by atoms with Gasteiger partial charge in [0.1, 0.15) is 0 Å². The normalized spacial score (nSPS) is 12.2. The third-order valence-corrected chi connectivity index (χ3v) is 2.54. The van der Waals surface area contributed by atoms with Crippen LogP contribution in [0, 0.1) is 5.92 Å². The van der Waals surface area contributed by atoms with Crippen molar-refractivity contribution in [3.05, 3.63) is 0 Å². The Kier molecular flexibility index (Phi) is 9.88. The number of aliphatic carboxylic acids is 1. The molecule has 2 amide bonds. The highest BCUT2D eigenvalue weighted by molar-refractivity contribution is 5.74. The quantitative estimate of drug-likeness (QED) is 0.528. The van der Waals surface area contributed by atoms with Crippen molar-refractivity contribution in [3.8, 4) is 0 Å². The number of nitrogens with one attached hydrogen (secondary N) is 2. The number of carbonyl (C=O) groups excluding carboxylic acids is 1. The lowest BCUT2D eigenvalue weighted by Crippen LogP contribution is -2.42. The highest BCUT2D eigenvalue weighted by Gasteiger charge is 2.08. The highest BCUT2D eigenvalue weighted by Crippen LogP contribution is 1.98. The van der Waals surface area contributed by atoms with E-state index in [9.17, 15) is 9.59 Å². The largest absolute Gasteiger partial charge is 0.481 e. The average molecular weight is 274 g/mol. The fourth-order valence-electron chi connectivity index (χ4n) is 1.34. The van der Waals surface area contributed by atoms with Crippen molar-refractivity contribution in [1.82, 2.24) is 10.6 Å². The van der Waals surface area contributed by atoms with Gasteiger partial charge in [-0.15, -0.1) is 0 Å². The number of carboxylic acid groups (broad SMARTS) is 1. The van der Waals surface area contributed by atoms with Crippen LogP contribution in [0.15, 0.2) is 0 Å². The smallest absolute Gasteiger partial charge is 0.315 e. The molecule has 0 aliphatic heterocycles. The van der Waals surface area contributed by atoms with Crippen LogP contribution in [0.5, 0.6) is 0 Å². The first kappa shape index (κ1) is 17.7. The van der Waals surface area contributed by atoms with Gasteiger partial charge in [-0.25, -0.2) is 4.79 Å². The minimum atomic E-state index is -0.854. The molecular weight excluding hydrogens is 248 g/mol. The zero-order valence-corrected chi connectivity index (χ0v) is 12.1. The van der Waals surface area contributed by atoms with E-state index in [-0.39, 0.29) is 18.5 Å². The first-order valence-electron chi connectivity index (χ1n) is 6.75. The summed E-state index contributed by atoms with van der Waals surface area (Å²) in [7, 11) is 0. The summed E-state index contributed by atoms with van der Waals surface area (Å²) < 4.78 is 5.36. The molecule has 6 heteroatoms. The summed E-state index contributed by atoms with van der Waals surface area (Å²) in [6, 6.07) is -0.441. The van der Waals surface area contributed by atoms with E-state index < -0.39 is 5.97 Å². The monoisotopic (exact) mass is 274 g/mol. The predicted molar refractivity (Wildman–Crippen MR) is 73.1 cm³/mol. The van der Waals surface area contributed by atoms with E-state index in [1.54, 1.807) is 6.92 Å². The summed E-state index contributed by atoms with van der Waals surface area (Å²) in [6.45, 7) is 7.69. The van der Waals surface area contributed by atoms with Crippen LogP contribution in [0.1, 0.15) is 40.0 Å². The van der Waals surface area contributed by atoms with Crippen LogP contribution in [0.2, 0.25) is 0 Å². The van der Waals surface area contributed by atoms with E-state index in [0.717, 1.165) is 6.42 Å². The molecule has 0 aromatic carbocycles. The molecule has 0 bridgehead atoms. The minimum Gasteiger partial charge on any atom is -0.481 e. The molecule has 112 valence electrons. The van der Waals surface area contributed by atoms with E-state index >= 15 is 0 Å². The molecule has 0 saturated carbocycles. The van der Waals surface area contributed by atoms with Gasteiger partial charge in [-0.3, -0.25) is 4.79 Å². The van der Waals surface area contributed by atoms with E-state index in [2.05, 4.69) is 24.5 Å². The lowest BCUT2D eigenvalue weighted by Gasteiger charge is -2.13. The maximum absolute atomic E-state index is 11.4. The summed E-state index contributed by atoms with van der Waals surface area (Å²) in [5.74, 6) is -0.237. The van der Waals surface area contributed by atoms with Gasteiger partial charge >= 0.3 is 12.0 Å². The summed E-state index contributed by atoms with van der Waals surface area (Å²) in [4.78, 5) is 21.8. The number of carboxylic acids is 1. The van der Waals surface area contributed by atoms with Crippen LogP contribution in [-0.4, -0.2) is 42.9 Å². The predicted octanol–water partition coefficient (Wildman–Crippen LogP) is 1.60. The van der Waals surface area contributed by atoms with Crippen LogP contribution in [0.4, 0.5) is 4.79 Å². The van der Waals surface area contributed by atoms with Crippen LogP contribution in [0.25, 0.3) is 0 Å². The fraction of sp³-hybridized carbons (Fsp3) is 0.846. The van der Waals surface area contributed by atoms with Crippen molar-refractivity contribution in [1.29, 1.82) is 0 Å². The Morgan fingerprint density at radius 2 is 1.84 bits per heavy atom. The van der Waals surface area contributed by atoms with Gasteiger partial charge in [0.15, 0.2) is 0 Å². The number of rotatable bonds is 10. The molecule has 0 spiro atoms. The molecule has 0 heterocycles. The molecule has 3 N–H and O–H groups in total. The summed E-state index contributed by atoms with van der Waals surface area (Å²) in [5, 5.41) is 13.9. The van der Waals surface area contributed by atoms with E-state index in [4.69, 9.17) is 9.84 Å². The van der Waals surface area contributed by atoms with Crippen molar-refractivity contribution in [2.75, 3.05) is 19.8 Å². The molecule has 1 unspecified atom stereocenters. The molecule has 0 radical (unpaired) electrons. The van der Waals surface area contributed by atoms with Gasteiger partial charge in [0.2, 0.25) is 0 Å². The van der Waals surface area contributed by atoms with Gasteiger partial charge in [0, 0.05) is 25.6 Å². The standard InChI is InChI=1S/C13H26N2O4/c1-10(2)6-8-19-9-7-14-13(18)15-11(3)4-5-12(16)17/h10-11H,4-9H2,1-3H3,(H,16,17)(H2,14,15,18). The van der Waals surface area contributed by atoms with Crippen molar-refractivity contribution >= 4 is 12.0 Å². The van der Waals surface area contributed by atoms with E-state index in [1.165, 1.54) is 0 Å². The van der Waals surface area contributed by atoms with Crippen molar-refractivity contribution in [2.24, 2.45) is 5.92 Å². The maximum atomic E-state index is 11.4. The van der Waals surface area contributed by atoms with Gasteiger partial charge in [0.05, 0.1) is 6.61 Å².